The second kappa shape index (κ2) is 11.7. The van der Waals surface area contributed by atoms with Crippen LogP contribution in [0.3, 0.4) is 0 Å². The minimum absolute atomic E-state index is 0.122. The maximum absolute atomic E-state index is 12.0. The Morgan fingerprint density at radius 3 is 2.00 bits per heavy atom. The summed E-state index contributed by atoms with van der Waals surface area (Å²) in [7, 11) is 1.94. The van der Waals surface area contributed by atoms with Gasteiger partial charge in [-0.2, -0.15) is 0 Å². The predicted octanol–water partition coefficient (Wildman–Crippen LogP) is 6.11. The van der Waals surface area contributed by atoms with Gasteiger partial charge in [-0.05, 0) is 38.5 Å². The third-order valence-corrected chi connectivity index (χ3v) is 5.52. The molecule has 0 N–H and O–H groups in total. The summed E-state index contributed by atoms with van der Waals surface area (Å²) in [5, 5.41) is 0. The molecule has 1 saturated carbocycles. The van der Waals surface area contributed by atoms with Crippen LogP contribution in [0.4, 0.5) is 0 Å². The number of carbonyl (C=O) groups excluding carboxylic acids is 1. The molecule has 0 atom stereocenters. The number of carbonyl (C=O) groups is 1. The second-order valence-electron chi connectivity index (χ2n) is 7.63. The van der Waals surface area contributed by atoms with E-state index in [2.05, 4.69) is 13.5 Å². The number of rotatable bonds is 11. The Labute approximate surface area is 144 Å². The highest BCUT2D eigenvalue weighted by Crippen LogP contribution is 2.31. The lowest BCUT2D eigenvalue weighted by atomic mass is 9.82. The number of unbranched alkanes of at least 4 members (excludes halogenated alkanes) is 7. The van der Waals surface area contributed by atoms with Crippen molar-refractivity contribution in [3.05, 3.63) is 12.2 Å². The molecule has 0 heterocycles. The van der Waals surface area contributed by atoms with Crippen molar-refractivity contribution < 1.29 is 4.79 Å². The molecule has 1 rings (SSSR count). The number of nitrogens with zero attached hydrogens (tertiary/aromatic N) is 1. The molecule has 134 valence electrons. The Morgan fingerprint density at radius 2 is 1.48 bits per heavy atom. The number of likely N-dealkylation sites (N-methyl/N-ethyl adjacent to an activating group) is 1. The Hall–Kier alpha value is -0.790. The zero-order valence-electron chi connectivity index (χ0n) is 15.9. The smallest absolute Gasteiger partial charge is 0.248 e. The first-order chi connectivity index (χ1) is 11.1. The molecule has 2 heteroatoms. The van der Waals surface area contributed by atoms with E-state index in [1.165, 1.54) is 83.5 Å². The van der Waals surface area contributed by atoms with Crippen molar-refractivity contribution in [3.8, 4) is 0 Å². The first kappa shape index (κ1) is 20.3. The first-order valence-corrected chi connectivity index (χ1v) is 9.99. The largest absolute Gasteiger partial charge is 0.339 e. The lowest BCUT2D eigenvalue weighted by Gasteiger charge is -2.35. The molecule has 0 saturated heterocycles. The molecule has 0 unspecified atom stereocenters. The van der Waals surface area contributed by atoms with E-state index >= 15 is 0 Å². The number of amides is 1. The fourth-order valence-electron chi connectivity index (χ4n) is 3.85. The summed E-state index contributed by atoms with van der Waals surface area (Å²) in [4.78, 5) is 13.9. The van der Waals surface area contributed by atoms with Crippen molar-refractivity contribution in [1.29, 1.82) is 0 Å². The zero-order chi connectivity index (χ0) is 17.1. The van der Waals surface area contributed by atoms with Crippen molar-refractivity contribution in [2.45, 2.75) is 103 Å². The van der Waals surface area contributed by atoms with E-state index in [9.17, 15) is 4.79 Å². The maximum atomic E-state index is 12.0. The monoisotopic (exact) mass is 321 g/mol. The molecule has 0 bridgehead atoms. The highest BCUT2D eigenvalue weighted by atomic mass is 16.2. The van der Waals surface area contributed by atoms with Gasteiger partial charge in [-0.15, -0.1) is 0 Å². The van der Waals surface area contributed by atoms with Gasteiger partial charge in [0.2, 0.25) is 5.91 Å². The summed E-state index contributed by atoms with van der Waals surface area (Å²) in [5.41, 5.74) is 0.661. The van der Waals surface area contributed by atoms with Crippen LogP contribution in [0.25, 0.3) is 0 Å². The third-order valence-electron chi connectivity index (χ3n) is 5.52. The van der Waals surface area contributed by atoms with Crippen LogP contribution >= 0.6 is 0 Å². The van der Waals surface area contributed by atoms with E-state index in [0.717, 1.165) is 5.92 Å². The van der Waals surface area contributed by atoms with Gasteiger partial charge in [0.15, 0.2) is 0 Å². The zero-order valence-corrected chi connectivity index (χ0v) is 15.9. The summed E-state index contributed by atoms with van der Waals surface area (Å²) in [6.07, 6.45) is 17.7. The Balaban J connectivity index is 2.06. The second-order valence-corrected chi connectivity index (χ2v) is 7.63. The van der Waals surface area contributed by atoms with Crippen LogP contribution < -0.4 is 0 Å². The summed E-state index contributed by atoms with van der Waals surface area (Å²) >= 11 is 0. The van der Waals surface area contributed by atoms with Crippen molar-refractivity contribution in [3.63, 3.8) is 0 Å². The molecule has 0 aromatic rings. The van der Waals surface area contributed by atoms with E-state index in [1.54, 1.807) is 0 Å². The van der Waals surface area contributed by atoms with E-state index in [4.69, 9.17) is 0 Å². The molecule has 2 nitrogen and oxygen atoms in total. The van der Waals surface area contributed by atoms with Crippen molar-refractivity contribution >= 4 is 5.91 Å². The normalized spacial score (nSPS) is 21.2. The van der Waals surface area contributed by atoms with Gasteiger partial charge in [-0.3, -0.25) is 4.79 Å². The van der Waals surface area contributed by atoms with E-state index in [1.807, 2.05) is 18.9 Å². The van der Waals surface area contributed by atoms with E-state index < -0.39 is 0 Å². The summed E-state index contributed by atoms with van der Waals surface area (Å²) < 4.78 is 0. The SMILES string of the molecule is C=C(C)C(=O)N(C)C1CCC(CCCCCCCCCC)CC1. The van der Waals surface area contributed by atoms with E-state index in [-0.39, 0.29) is 5.91 Å². The minimum Gasteiger partial charge on any atom is -0.339 e. The summed E-state index contributed by atoms with van der Waals surface area (Å²) in [6, 6.07) is 0.439. The van der Waals surface area contributed by atoms with Gasteiger partial charge in [0.25, 0.3) is 0 Å². The average Bonchev–Trinajstić information content (AvgIpc) is 2.56. The molecule has 0 aromatic carbocycles. The summed E-state index contributed by atoms with van der Waals surface area (Å²) in [6.45, 7) is 7.87. The molecule has 0 aromatic heterocycles. The average molecular weight is 322 g/mol. The third kappa shape index (κ3) is 8.04. The quantitative estimate of drug-likeness (QED) is 0.332. The van der Waals surface area contributed by atoms with Crippen LogP contribution in [0.5, 0.6) is 0 Å². The van der Waals surface area contributed by atoms with Crippen LogP contribution in [0, 0.1) is 5.92 Å². The molecular formula is C21H39NO. The van der Waals surface area contributed by atoms with Gasteiger partial charge in [-0.1, -0.05) is 71.3 Å². The fourth-order valence-corrected chi connectivity index (χ4v) is 3.85. The van der Waals surface area contributed by atoms with Gasteiger partial charge in [0.05, 0.1) is 0 Å². The highest BCUT2D eigenvalue weighted by molar-refractivity contribution is 5.92. The lowest BCUT2D eigenvalue weighted by Crippen LogP contribution is -2.39. The fraction of sp³-hybridized carbons (Fsp3) is 0.857. The highest BCUT2D eigenvalue weighted by Gasteiger charge is 2.26. The Kier molecular flexibility index (Phi) is 10.3. The molecule has 0 aliphatic heterocycles. The first-order valence-electron chi connectivity index (χ1n) is 9.99. The van der Waals surface area contributed by atoms with E-state index in [0.29, 0.717) is 11.6 Å². The standard InChI is InChI=1S/C21H39NO/c1-5-6-7-8-9-10-11-12-13-19-14-16-20(17-15-19)22(4)21(23)18(2)3/h19-20H,2,5-17H2,1,3-4H3. The number of hydrogen-bond donors (Lipinski definition) is 0. The predicted molar refractivity (Wildman–Crippen MR) is 101 cm³/mol. The van der Waals surface area contributed by atoms with Crippen molar-refractivity contribution in [2.24, 2.45) is 5.92 Å². The lowest BCUT2D eigenvalue weighted by molar-refractivity contribution is -0.128. The molecule has 0 radical (unpaired) electrons. The van der Waals surface area contributed by atoms with Crippen molar-refractivity contribution in [1.82, 2.24) is 4.90 Å². The van der Waals surface area contributed by atoms with Gasteiger partial charge in [-0.25, -0.2) is 0 Å². The molecule has 1 aliphatic carbocycles. The topological polar surface area (TPSA) is 20.3 Å². The molecule has 23 heavy (non-hydrogen) atoms. The van der Waals surface area contributed by atoms with Crippen molar-refractivity contribution in [2.75, 3.05) is 7.05 Å². The van der Waals surface area contributed by atoms with Gasteiger partial charge >= 0.3 is 0 Å². The van der Waals surface area contributed by atoms with Gasteiger partial charge < -0.3 is 4.90 Å². The molecule has 1 aliphatic rings. The Morgan fingerprint density at radius 1 is 0.957 bits per heavy atom. The number of hydrogen-bond acceptors (Lipinski definition) is 1. The van der Waals surface area contributed by atoms with Gasteiger partial charge in [0, 0.05) is 18.7 Å². The van der Waals surface area contributed by atoms with Crippen LogP contribution in [-0.4, -0.2) is 23.9 Å². The van der Waals surface area contributed by atoms with Crippen LogP contribution in [0.2, 0.25) is 0 Å². The van der Waals surface area contributed by atoms with Gasteiger partial charge in [0.1, 0.15) is 0 Å². The van der Waals surface area contributed by atoms with Crippen LogP contribution in [0.15, 0.2) is 12.2 Å². The molecule has 1 amide bonds. The molecule has 0 spiro atoms. The van der Waals surface area contributed by atoms with Crippen LogP contribution in [-0.2, 0) is 4.79 Å². The summed E-state index contributed by atoms with van der Waals surface area (Å²) in [5.74, 6) is 1.02. The maximum Gasteiger partial charge on any atom is 0.248 e. The van der Waals surface area contributed by atoms with Crippen LogP contribution in [0.1, 0.15) is 97.3 Å². The molecular weight excluding hydrogens is 282 g/mol. The molecule has 1 fully saturated rings. The Bertz CT molecular complexity index is 342. The minimum atomic E-state index is 0.122.